The average molecular weight is 267 g/mol. The lowest BCUT2D eigenvalue weighted by atomic mass is 10.0. The van der Waals surface area contributed by atoms with Gasteiger partial charge in [-0.3, -0.25) is 9.69 Å². The Morgan fingerprint density at radius 3 is 3.06 bits per heavy atom. The largest absolute Gasteiger partial charge is 0.477 e. The molecule has 1 N–H and O–H groups in total. The number of carboxylic acids is 1. The van der Waals surface area contributed by atoms with Crippen LogP contribution in [0.15, 0.2) is 22.9 Å². The number of thioether (sulfide) groups is 1. The van der Waals surface area contributed by atoms with E-state index < -0.39 is 5.97 Å². The molecule has 1 atom stereocenters. The molecule has 0 radical (unpaired) electrons. The molecule has 0 bridgehead atoms. The molecule has 1 aromatic rings. The first-order chi connectivity index (χ1) is 8.18. The lowest BCUT2D eigenvalue weighted by Gasteiger charge is -2.36. The SMILES string of the molecule is O=C(O)C1=CS[C@@H]2/C(=C/c3cnsn3)C(=O)N12. The van der Waals surface area contributed by atoms with Crippen LogP contribution in [0.3, 0.4) is 0 Å². The highest BCUT2D eigenvalue weighted by molar-refractivity contribution is 8.03. The van der Waals surface area contributed by atoms with Crippen molar-refractivity contribution in [1.29, 1.82) is 0 Å². The van der Waals surface area contributed by atoms with Gasteiger partial charge < -0.3 is 5.11 Å². The molecular formula is C9H5N3O3S2. The number of fused-ring (bicyclic) bond motifs is 1. The van der Waals surface area contributed by atoms with Crippen molar-refractivity contribution in [1.82, 2.24) is 13.6 Å². The van der Waals surface area contributed by atoms with Gasteiger partial charge in [0.1, 0.15) is 11.1 Å². The monoisotopic (exact) mass is 267 g/mol. The lowest BCUT2D eigenvalue weighted by molar-refractivity contribution is -0.141. The molecule has 1 fully saturated rings. The van der Waals surface area contributed by atoms with Crippen LogP contribution in [0.25, 0.3) is 6.08 Å². The molecule has 1 saturated heterocycles. The van der Waals surface area contributed by atoms with Gasteiger partial charge in [-0.05, 0) is 6.08 Å². The molecule has 2 aliphatic heterocycles. The maximum Gasteiger partial charge on any atom is 0.353 e. The Morgan fingerprint density at radius 2 is 2.41 bits per heavy atom. The first-order valence-electron chi connectivity index (χ1n) is 4.60. The van der Waals surface area contributed by atoms with Crippen LogP contribution >= 0.6 is 23.5 Å². The predicted molar refractivity (Wildman–Crippen MR) is 61.8 cm³/mol. The summed E-state index contributed by atoms with van der Waals surface area (Å²) in [6, 6.07) is 0. The Labute approximate surface area is 104 Å². The van der Waals surface area contributed by atoms with Gasteiger partial charge in [-0.25, -0.2) is 4.79 Å². The number of carboxylic acid groups (broad SMARTS) is 1. The number of amides is 1. The van der Waals surface area contributed by atoms with Gasteiger partial charge in [-0.1, -0.05) is 0 Å². The molecule has 3 rings (SSSR count). The summed E-state index contributed by atoms with van der Waals surface area (Å²) in [6.07, 6.45) is 3.22. The lowest BCUT2D eigenvalue weighted by Crippen LogP contribution is -2.51. The van der Waals surface area contributed by atoms with Gasteiger partial charge in [0.2, 0.25) is 0 Å². The van der Waals surface area contributed by atoms with Crippen molar-refractivity contribution in [2.75, 3.05) is 0 Å². The van der Waals surface area contributed by atoms with Gasteiger partial charge in [-0.2, -0.15) is 8.75 Å². The van der Waals surface area contributed by atoms with Gasteiger partial charge in [0.15, 0.2) is 0 Å². The van der Waals surface area contributed by atoms with Crippen LogP contribution in [-0.2, 0) is 9.59 Å². The summed E-state index contributed by atoms with van der Waals surface area (Å²) in [6.45, 7) is 0. The minimum absolute atomic E-state index is 0.0403. The molecule has 0 aromatic carbocycles. The highest BCUT2D eigenvalue weighted by Crippen LogP contribution is 2.44. The first-order valence-corrected chi connectivity index (χ1v) is 6.27. The van der Waals surface area contributed by atoms with E-state index in [1.165, 1.54) is 22.1 Å². The molecule has 6 nitrogen and oxygen atoms in total. The van der Waals surface area contributed by atoms with E-state index in [2.05, 4.69) is 8.75 Å². The van der Waals surface area contributed by atoms with E-state index in [4.69, 9.17) is 5.11 Å². The van der Waals surface area contributed by atoms with Gasteiger partial charge in [-0.15, -0.1) is 11.8 Å². The molecule has 0 spiro atoms. The third-order valence-electron chi connectivity index (χ3n) is 2.44. The summed E-state index contributed by atoms with van der Waals surface area (Å²) in [5.41, 5.74) is 1.23. The average Bonchev–Trinajstić information content (AvgIpc) is 2.93. The van der Waals surface area contributed by atoms with Crippen molar-refractivity contribution in [3.8, 4) is 0 Å². The van der Waals surface area contributed by atoms with Crippen molar-refractivity contribution in [2.24, 2.45) is 0 Å². The molecule has 2 aliphatic rings. The van der Waals surface area contributed by atoms with Crippen molar-refractivity contribution >= 4 is 41.4 Å². The van der Waals surface area contributed by atoms with Crippen LogP contribution in [0.4, 0.5) is 0 Å². The number of hydrogen-bond acceptors (Lipinski definition) is 6. The molecule has 86 valence electrons. The first kappa shape index (κ1) is 10.5. The second kappa shape index (κ2) is 3.67. The van der Waals surface area contributed by atoms with Crippen LogP contribution in [-0.4, -0.2) is 36.0 Å². The van der Waals surface area contributed by atoms with Crippen molar-refractivity contribution < 1.29 is 14.7 Å². The molecule has 0 saturated carbocycles. The Balaban J connectivity index is 1.87. The van der Waals surface area contributed by atoms with Gasteiger partial charge >= 0.3 is 5.97 Å². The Morgan fingerprint density at radius 1 is 1.59 bits per heavy atom. The zero-order valence-electron chi connectivity index (χ0n) is 8.23. The second-order valence-electron chi connectivity index (χ2n) is 3.40. The van der Waals surface area contributed by atoms with E-state index in [-0.39, 0.29) is 17.0 Å². The van der Waals surface area contributed by atoms with Crippen molar-refractivity contribution in [3.63, 3.8) is 0 Å². The van der Waals surface area contributed by atoms with Crippen LogP contribution < -0.4 is 0 Å². The van der Waals surface area contributed by atoms with Crippen LogP contribution in [0.1, 0.15) is 5.69 Å². The van der Waals surface area contributed by atoms with E-state index in [0.717, 1.165) is 11.7 Å². The highest BCUT2D eigenvalue weighted by Gasteiger charge is 2.49. The Bertz CT molecular complexity index is 564. The third kappa shape index (κ3) is 1.48. The fourth-order valence-corrected chi connectivity index (χ4v) is 3.18. The number of aliphatic carboxylic acids is 1. The van der Waals surface area contributed by atoms with E-state index in [1.54, 1.807) is 12.3 Å². The normalized spacial score (nSPS) is 24.6. The van der Waals surface area contributed by atoms with Crippen molar-refractivity contribution in [3.05, 3.63) is 28.6 Å². The number of nitrogens with zero attached hydrogens (tertiary/aromatic N) is 3. The van der Waals surface area contributed by atoms with Gasteiger partial charge in [0.05, 0.1) is 29.2 Å². The third-order valence-corrected chi connectivity index (χ3v) is 4.01. The molecule has 17 heavy (non-hydrogen) atoms. The fourth-order valence-electron chi connectivity index (χ4n) is 1.66. The van der Waals surface area contributed by atoms with Gasteiger partial charge in [0.25, 0.3) is 5.91 Å². The molecule has 8 heteroatoms. The molecule has 3 heterocycles. The Kier molecular flexibility index (Phi) is 2.26. The Hall–Kier alpha value is -1.67. The van der Waals surface area contributed by atoms with E-state index in [1.807, 2.05) is 0 Å². The number of hydrogen-bond donors (Lipinski definition) is 1. The topological polar surface area (TPSA) is 83.4 Å². The molecule has 0 aliphatic carbocycles. The second-order valence-corrected chi connectivity index (χ2v) is 4.91. The van der Waals surface area contributed by atoms with E-state index in [9.17, 15) is 9.59 Å². The zero-order chi connectivity index (χ0) is 12.0. The predicted octanol–water partition coefficient (Wildman–Crippen LogP) is 0.763. The maximum absolute atomic E-state index is 11.8. The summed E-state index contributed by atoms with van der Waals surface area (Å²) in [5, 5.41) is 10.1. The minimum atomic E-state index is -1.08. The maximum atomic E-state index is 11.8. The zero-order valence-corrected chi connectivity index (χ0v) is 9.86. The molecule has 1 amide bonds. The fraction of sp³-hybridized carbons (Fsp3) is 0.111. The summed E-state index contributed by atoms with van der Waals surface area (Å²) in [5.74, 6) is -1.36. The van der Waals surface area contributed by atoms with Crippen molar-refractivity contribution in [2.45, 2.75) is 5.37 Å². The summed E-state index contributed by atoms with van der Waals surface area (Å²) in [4.78, 5) is 23.9. The quantitative estimate of drug-likeness (QED) is 0.629. The summed E-state index contributed by atoms with van der Waals surface area (Å²) >= 11 is 2.38. The number of carbonyl (C=O) groups excluding carboxylic acids is 1. The van der Waals surface area contributed by atoms with E-state index >= 15 is 0 Å². The van der Waals surface area contributed by atoms with Crippen LogP contribution in [0.5, 0.6) is 0 Å². The minimum Gasteiger partial charge on any atom is -0.477 e. The summed E-state index contributed by atoms with van der Waals surface area (Å²) < 4.78 is 7.82. The number of rotatable bonds is 2. The van der Waals surface area contributed by atoms with Gasteiger partial charge in [0, 0.05) is 5.41 Å². The molecule has 0 unspecified atom stereocenters. The molecule has 1 aromatic heterocycles. The number of β-lactam (4-membered cyclic amide) rings is 1. The van der Waals surface area contributed by atoms with Crippen LogP contribution in [0.2, 0.25) is 0 Å². The summed E-state index contributed by atoms with van der Waals surface area (Å²) in [7, 11) is 0. The number of aromatic nitrogens is 2. The smallest absolute Gasteiger partial charge is 0.353 e. The molecular weight excluding hydrogens is 262 g/mol. The highest BCUT2D eigenvalue weighted by atomic mass is 32.2. The standard InChI is InChI=1S/C9H5N3O3S2/c13-7-5(1-4-2-10-17-11-4)8-12(7)6(3-16-8)9(14)15/h1-3,8H,(H,14,15)/b5-1+/t8-/m1/s1. The number of carbonyl (C=O) groups is 2. The van der Waals surface area contributed by atoms with E-state index in [0.29, 0.717) is 11.3 Å². The van der Waals surface area contributed by atoms with Crippen LogP contribution in [0, 0.1) is 0 Å².